The van der Waals surface area contributed by atoms with E-state index in [1.165, 1.54) is 23.3 Å². The number of esters is 1. The van der Waals surface area contributed by atoms with Gasteiger partial charge in [-0.1, -0.05) is 0 Å². The SMILES string of the molecule is COC(=O)CCN1C[C@@H](OCc2ccncc2)CN(C(=O)c2ccsc2)CC1=O. The summed E-state index contributed by atoms with van der Waals surface area (Å²) >= 11 is 1.43. The number of hydrogen-bond donors (Lipinski definition) is 0. The predicted molar refractivity (Wildman–Crippen MR) is 106 cm³/mol. The molecule has 0 radical (unpaired) electrons. The molecule has 9 heteroatoms. The molecule has 1 atom stereocenters. The smallest absolute Gasteiger partial charge is 0.307 e. The third kappa shape index (κ3) is 5.85. The number of amides is 2. The second kappa shape index (κ2) is 10.1. The lowest BCUT2D eigenvalue weighted by molar-refractivity contribution is -0.142. The van der Waals surface area contributed by atoms with Gasteiger partial charge in [0.15, 0.2) is 0 Å². The third-order valence-corrected chi connectivity index (χ3v) is 5.31. The fourth-order valence-corrected chi connectivity index (χ4v) is 3.67. The van der Waals surface area contributed by atoms with Crippen LogP contribution in [0.25, 0.3) is 0 Å². The molecule has 1 saturated heterocycles. The van der Waals surface area contributed by atoms with Crippen molar-refractivity contribution in [3.05, 3.63) is 52.5 Å². The highest BCUT2D eigenvalue weighted by molar-refractivity contribution is 7.08. The Hall–Kier alpha value is -2.78. The van der Waals surface area contributed by atoms with Gasteiger partial charge < -0.3 is 19.3 Å². The summed E-state index contributed by atoms with van der Waals surface area (Å²) in [5.41, 5.74) is 1.51. The number of pyridine rings is 1. The summed E-state index contributed by atoms with van der Waals surface area (Å²) in [7, 11) is 1.31. The van der Waals surface area contributed by atoms with E-state index in [-0.39, 0.29) is 43.4 Å². The molecule has 2 aromatic rings. The van der Waals surface area contributed by atoms with Gasteiger partial charge in [0.1, 0.15) is 6.54 Å². The number of ether oxygens (including phenoxy) is 2. The monoisotopic (exact) mass is 417 g/mol. The zero-order chi connectivity index (χ0) is 20.6. The summed E-state index contributed by atoms with van der Waals surface area (Å²) < 4.78 is 10.7. The lowest BCUT2D eigenvalue weighted by Gasteiger charge is -2.24. The number of carbonyl (C=O) groups excluding carboxylic acids is 3. The molecule has 0 unspecified atom stereocenters. The van der Waals surface area contributed by atoms with Crippen LogP contribution in [0.5, 0.6) is 0 Å². The molecule has 0 aromatic carbocycles. The molecule has 1 aliphatic heterocycles. The van der Waals surface area contributed by atoms with E-state index >= 15 is 0 Å². The van der Waals surface area contributed by atoms with Crippen LogP contribution in [0, 0.1) is 0 Å². The zero-order valence-electron chi connectivity index (χ0n) is 16.2. The second-order valence-electron chi connectivity index (χ2n) is 6.65. The van der Waals surface area contributed by atoms with Crippen molar-refractivity contribution in [3.8, 4) is 0 Å². The van der Waals surface area contributed by atoms with Crippen molar-refractivity contribution in [2.75, 3.05) is 33.3 Å². The van der Waals surface area contributed by atoms with E-state index < -0.39 is 0 Å². The average Bonchev–Trinajstić information content (AvgIpc) is 3.23. The highest BCUT2D eigenvalue weighted by Crippen LogP contribution is 2.16. The first-order valence-corrected chi connectivity index (χ1v) is 10.2. The fourth-order valence-electron chi connectivity index (χ4n) is 3.05. The van der Waals surface area contributed by atoms with Gasteiger partial charge in [-0.3, -0.25) is 19.4 Å². The van der Waals surface area contributed by atoms with E-state index in [2.05, 4.69) is 9.72 Å². The highest BCUT2D eigenvalue weighted by Gasteiger charge is 2.31. The maximum atomic E-state index is 12.8. The van der Waals surface area contributed by atoms with Gasteiger partial charge in [0.2, 0.25) is 5.91 Å². The third-order valence-electron chi connectivity index (χ3n) is 4.63. The summed E-state index contributed by atoms with van der Waals surface area (Å²) in [6.07, 6.45) is 3.09. The summed E-state index contributed by atoms with van der Waals surface area (Å²) in [5, 5.41) is 3.59. The largest absolute Gasteiger partial charge is 0.469 e. The van der Waals surface area contributed by atoms with Gasteiger partial charge in [-0.25, -0.2) is 0 Å². The molecule has 8 nitrogen and oxygen atoms in total. The van der Waals surface area contributed by atoms with Gasteiger partial charge >= 0.3 is 5.97 Å². The maximum absolute atomic E-state index is 12.8. The van der Waals surface area contributed by atoms with Crippen LogP contribution in [-0.2, 0) is 25.7 Å². The van der Waals surface area contributed by atoms with Gasteiger partial charge in [0.05, 0.1) is 31.8 Å². The molecule has 154 valence electrons. The Morgan fingerprint density at radius 2 is 2.03 bits per heavy atom. The quantitative estimate of drug-likeness (QED) is 0.636. The highest BCUT2D eigenvalue weighted by atomic mass is 32.1. The summed E-state index contributed by atoms with van der Waals surface area (Å²) in [5.74, 6) is -0.804. The normalized spacial score (nSPS) is 17.1. The van der Waals surface area contributed by atoms with E-state index in [1.807, 2.05) is 17.5 Å². The first-order valence-electron chi connectivity index (χ1n) is 9.23. The number of thiophene rings is 1. The number of rotatable bonds is 7. The van der Waals surface area contributed by atoms with Crippen LogP contribution < -0.4 is 0 Å². The summed E-state index contributed by atoms with van der Waals surface area (Å²) in [6.45, 7) is 1.10. The van der Waals surface area contributed by atoms with E-state index in [0.29, 0.717) is 25.3 Å². The van der Waals surface area contributed by atoms with Crippen LogP contribution in [0.4, 0.5) is 0 Å². The van der Waals surface area contributed by atoms with E-state index in [4.69, 9.17) is 4.74 Å². The molecule has 0 spiro atoms. The van der Waals surface area contributed by atoms with Crippen LogP contribution in [0.1, 0.15) is 22.3 Å². The Bertz CT molecular complexity index is 828. The Labute approximate surface area is 173 Å². The molecule has 3 rings (SSSR count). The molecule has 29 heavy (non-hydrogen) atoms. The molecule has 2 aromatic heterocycles. The van der Waals surface area contributed by atoms with Crippen molar-refractivity contribution >= 4 is 29.1 Å². The van der Waals surface area contributed by atoms with Crippen molar-refractivity contribution < 1.29 is 23.9 Å². The lowest BCUT2D eigenvalue weighted by Crippen LogP contribution is -2.40. The van der Waals surface area contributed by atoms with Crippen molar-refractivity contribution in [1.82, 2.24) is 14.8 Å². The van der Waals surface area contributed by atoms with Crippen molar-refractivity contribution in [1.29, 1.82) is 0 Å². The van der Waals surface area contributed by atoms with Crippen LogP contribution >= 0.6 is 11.3 Å². The molecule has 3 heterocycles. The first-order chi connectivity index (χ1) is 14.1. The lowest BCUT2D eigenvalue weighted by atomic mass is 10.2. The number of carbonyl (C=O) groups is 3. The minimum atomic E-state index is -0.387. The Morgan fingerprint density at radius 1 is 1.24 bits per heavy atom. The molecule has 2 amide bonds. The standard InChI is InChI=1S/C20H23N3O5S/c1-27-19(25)4-8-22-10-17(28-13-15-2-6-21-7-3-15)11-23(12-18(22)24)20(26)16-5-9-29-14-16/h2-3,5-7,9,14,17H,4,8,10-13H2,1H3/t17-/m1/s1. The first kappa shape index (κ1) is 20.9. The van der Waals surface area contributed by atoms with Crippen molar-refractivity contribution in [3.63, 3.8) is 0 Å². The van der Waals surface area contributed by atoms with Crippen LogP contribution in [0.15, 0.2) is 41.4 Å². The summed E-state index contributed by atoms with van der Waals surface area (Å²) in [6, 6.07) is 5.44. The van der Waals surface area contributed by atoms with E-state index in [0.717, 1.165) is 5.56 Å². The van der Waals surface area contributed by atoms with Gasteiger partial charge in [0, 0.05) is 37.4 Å². The van der Waals surface area contributed by atoms with Gasteiger partial charge in [0.25, 0.3) is 5.91 Å². The molecule has 0 N–H and O–H groups in total. The average molecular weight is 417 g/mol. The van der Waals surface area contributed by atoms with Gasteiger partial charge in [-0.15, -0.1) is 0 Å². The molecule has 1 aliphatic rings. The Balaban J connectivity index is 1.72. The molecular formula is C20H23N3O5S. The topological polar surface area (TPSA) is 89.0 Å². The van der Waals surface area contributed by atoms with E-state index in [9.17, 15) is 14.4 Å². The minimum Gasteiger partial charge on any atom is -0.469 e. The van der Waals surface area contributed by atoms with Crippen LogP contribution in [0.3, 0.4) is 0 Å². The molecule has 1 fully saturated rings. The fraction of sp³-hybridized carbons (Fsp3) is 0.400. The van der Waals surface area contributed by atoms with Crippen molar-refractivity contribution in [2.45, 2.75) is 19.1 Å². The summed E-state index contributed by atoms with van der Waals surface area (Å²) in [4.78, 5) is 44.1. The number of nitrogens with zero attached hydrogens (tertiary/aromatic N) is 3. The zero-order valence-corrected chi connectivity index (χ0v) is 17.0. The maximum Gasteiger partial charge on any atom is 0.307 e. The number of aromatic nitrogens is 1. The van der Waals surface area contributed by atoms with E-state index in [1.54, 1.807) is 28.7 Å². The molecule has 0 aliphatic carbocycles. The Morgan fingerprint density at radius 3 is 2.72 bits per heavy atom. The predicted octanol–water partition coefficient (Wildman–Crippen LogP) is 1.58. The van der Waals surface area contributed by atoms with Crippen molar-refractivity contribution in [2.24, 2.45) is 0 Å². The van der Waals surface area contributed by atoms with Gasteiger partial charge in [-0.05, 0) is 29.1 Å². The molecule has 0 bridgehead atoms. The van der Waals surface area contributed by atoms with Crippen LogP contribution in [0.2, 0.25) is 0 Å². The number of hydrogen-bond acceptors (Lipinski definition) is 7. The molecular weight excluding hydrogens is 394 g/mol. The van der Waals surface area contributed by atoms with Crippen LogP contribution in [-0.4, -0.2) is 72.0 Å². The number of methoxy groups -OCH3 is 1. The second-order valence-corrected chi connectivity index (χ2v) is 7.43. The minimum absolute atomic E-state index is 0.0506. The molecule has 0 saturated carbocycles. The van der Waals surface area contributed by atoms with Gasteiger partial charge in [-0.2, -0.15) is 11.3 Å². The Kier molecular flexibility index (Phi) is 7.31.